The van der Waals surface area contributed by atoms with Gasteiger partial charge in [0.05, 0.1) is 0 Å². The molecule has 1 atom stereocenters. The van der Waals surface area contributed by atoms with E-state index in [2.05, 4.69) is 10.6 Å². The summed E-state index contributed by atoms with van der Waals surface area (Å²) in [5.41, 5.74) is 1.02. The predicted octanol–water partition coefficient (Wildman–Crippen LogP) is 2.62. The second-order valence-corrected chi connectivity index (χ2v) is 5.64. The van der Waals surface area contributed by atoms with E-state index in [1.54, 1.807) is 0 Å². The number of aliphatic carboxylic acids is 1. The van der Waals surface area contributed by atoms with Gasteiger partial charge in [0.15, 0.2) is 0 Å². The smallest absolute Gasteiger partial charge is 0.315 e. The molecule has 116 valence electrons. The van der Waals surface area contributed by atoms with Gasteiger partial charge in [0.2, 0.25) is 0 Å². The molecule has 0 bridgehead atoms. The van der Waals surface area contributed by atoms with Crippen molar-refractivity contribution in [1.29, 1.82) is 0 Å². The van der Waals surface area contributed by atoms with E-state index in [0.717, 1.165) is 12.0 Å². The van der Waals surface area contributed by atoms with Crippen LogP contribution in [-0.2, 0) is 11.3 Å². The van der Waals surface area contributed by atoms with Crippen LogP contribution in [0.5, 0.6) is 0 Å². The van der Waals surface area contributed by atoms with Crippen LogP contribution in [0.1, 0.15) is 32.3 Å². The number of carbonyl (C=O) groups is 2. The molecule has 0 heterocycles. The third-order valence-corrected chi connectivity index (χ3v) is 3.12. The highest BCUT2D eigenvalue weighted by Gasteiger charge is 2.15. The average Bonchev–Trinajstić information content (AvgIpc) is 2.42. The van der Waals surface area contributed by atoms with Crippen LogP contribution in [0.15, 0.2) is 30.3 Å². The lowest BCUT2D eigenvalue weighted by Crippen LogP contribution is -2.38. The molecule has 0 saturated carbocycles. The summed E-state index contributed by atoms with van der Waals surface area (Å²) >= 11 is 0. The first kappa shape index (κ1) is 17.0. The van der Waals surface area contributed by atoms with Crippen LogP contribution in [0.3, 0.4) is 0 Å². The SMILES string of the molecule is CC(C)C[C@H](CNC(=O)NCc1ccccc1)CC(=O)O. The topological polar surface area (TPSA) is 78.4 Å². The number of nitrogens with one attached hydrogen (secondary N) is 2. The van der Waals surface area contributed by atoms with E-state index in [4.69, 9.17) is 5.11 Å². The van der Waals surface area contributed by atoms with Crippen LogP contribution >= 0.6 is 0 Å². The summed E-state index contributed by atoms with van der Waals surface area (Å²) in [6.07, 6.45) is 0.864. The van der Waals surface area contributed by atoms with Crippen LogP contribution in [0, 0.1) is 11.8 Å². The molecule has 1 rings (SSSR count). The molecule has 0 aromatic heterocycles. The highest BCUT2D eigenvalue weighted by Crippen LogP contribution is 2.14. The number of carboxylic acids is 1. The van der Waals surface area contributed by atoms with Crippen LogP contribution in [0.2, 0.25) is 0 Å². The molecule has 0 aliphatic heterocycles. The van der Waals surface area contributed by atoms with E-state index >= 15 is 0 Å². The highest BCUT2D eigenvalue weighted by molar-refractivity contribution is 5.74. The Morgan fingerprint density at radius 3 is 2.38 bits per heavy atom. The number of hydrogen-bond donors (Lipinski definition) is 3. The van der Waals surface area contributed by atoms with Crippen molar-refractivity contribution >= 4 is 12.0 Å². The van der Waals surface area contributed by atoms with Crippen molar-refractivity contribution in [3.63, 3.8) is 0 Å². The Kier molecular flexibility index (Phi) is 7.29. The number of hydrogen-bond acceptors (Lipinski definition) is 2. The van der Waals surface area contributed by atoms with Gasteiger partial charge in [0, 0.05) is 19.5 Å². The zero-order valence-corrected chi connectivity index (χ0v) is 12.6. The van der Waals surface area contributed by atoms with Gasteiger partial charge in [-0.3, -0.25) is 4.79 Å². The standard InChI is InChI=1S/C16H24N2O3/c1-12(2)8-14(9-15(19)20)11-18-16(21)17-10-13-6-4-3-5-7-13/h3-7,12,14H,8-11H2,1-2H3,(H,19,20)(H2,17,18,21)/t14-/m0/s1. The molecule has 2 amide bonds. The normalized spacial score (nSPS) is 12.0. The quantitative estimate of drug-likeness (QED) is 0.689. The molecule has 1 aromatic carbocycles. The molecule has 0 fully saturated rings. The third-order valence-electron chi connectivity index (χ3n) is 3.12. The van der Waals surface area contributed by atoms with Gasteiger partial charge in [-0.15, -0.1) is 0 Å². The fourth-order valence-corrected chi connectivity index (χ4v) is 2.23. The Labute approximate surface area is 125 Å². The maximum atomic E-state index is 11.7. The first-order chi connectivity index (χ1) is 9.97. The van der Waals surface area contributed by atoms with Crippen molar-refractivity contribution in [3.05, 3.63) is 35.9 Å². The molecule has 0 unspecified atom stereocenters. The molecule has 1 aromatic rings. The summed E-state index contributed by atoms with van der Waals surface area (Å²) in [6.45, 7) is 4.93. The lowest BCUT2D eigenvalue weighted by atomic mass is 9.94. The van der Waals surface area contributed by atoms with Crippen molar-refractivity contribution in [2.45, 2.75) is 33.2 Å². The summed E-state index contributed by atoms with van der Waals surface area (Å²) in [5, 5.41) is 14.4. The second kappa shape index (κ2) is 9.00. The fourth-order valence-electron chi connectivity index (χ4n) is 2.23. The summed E-state index contributed by atoms with van der Waals surface area (Å²) in [5.74, 6) is -0.458. The molecule has 0 radical (unpaired) electrons. The van der Waals surface area contributed by atoms with E-state index < -0.39 is 5.97 Å². The number of amides is 2. The first-order valence-electron chi connectivity index (χ1n) is 7.24. The molecule has 21 heavy (non-hydrogen) atoms. The van der Waals surface area contributed by atoms with Crippen LogP contribution in [-0.4, -0.2) is 23.7 Å². The molecule has 5 heteroatoms. The molecule has 0 aliphatic carbocycles. The number of benzene rings is 1. The molecule has 0 saturated heterocycles. The van der Waals surface area contributed by atoms with Gasteiger partial charge in [-0.05, 0) is 23.8 Å². The van der Waals surface area contributed by atoms with Crippen molar-refractivity contribution in [2.24, 2.45) is 11.8 Å². The molecule has 0 spiro atoms. The lowest BCUT2D eigenvalue weighted by Gasteiger charge is -2.18. The van der Waals surface area contributed by atoms with E-state index in [9.17, 15) is 9.59 Å². The Bertz CT molecular complexity index is 446. The van der Waals surface area contributed by atoms with Crippen molar-refractivity contribution in [1.82, 2.24) is 10.6 Å². The summed E-state index contributed by atoms with van der Waals surface area (Å²) < 4.78 is 0. The summed E-state index contributed by atoms with van der Waals surface area (Å²) in [6, 6.07) is 9.36. The van der Waals surface area contributed by atoms with E-state index in [0.29, 0.717) is 19.0 Å². The van der Waals surface area contributed by atoms with Gasteiger partial charge >= 0.3 is 12.0 Å². The Hall–Kier alpha value is -2.04. The zero-order chi connectivity index (χ0) is 15.7. The predicted molar refractivity (Wildman–Crippen MR) is 81.9 cm³/mol. The van der Waals surface area contributed by atoms with Gasteiger partial charge in [-0.1, -0.05) is 44.2 Å². The minimum atomic E-state index is -0.827. The monoisotopic (exact) mass is 292 g/mol. The maximum Gasteiger partial charge on any atom is 0.315 e. The molecular weight excluding hydrogens is 268 g/mol. The highest BCUT2D eigenvalue weighted by atomic mass is 16.4. The average molecular weight is 292 g/mol. The van der Waals surface area contributed by atoms with E-state index in [1.807, 2.05) is 44.2 Å². The molecular formula is C16H24N2O3. The number of carboxylic acid groups (broad SMARTS) is 1. The van der Waals surface area contributed by atoms with Crippen LogP contribution < -0.4 is 10.6 Å². The van der Waals surface area contributed by atoms with E-state index in [1.165, 1.54) is 0 Å². The van der Waals surface area contributed by atoms with Gasteiger partial charge < -0.3 is 15.7 Å². The van der Waals surface area contributed by atoms with Crippen LogP contribution in [0.4, 0.5) is 4.79 Å². The third kappa shape index (κ3) is 7.97. The summed E-state index contributed by atoms with van der Waals surface area (Å²) in [7, 11) is 0. The molecule has 5 nitrogen and oxygen atoms in total. The minimum Gasteiger partial charge on any atom is -0.481 e. The van der Waals surface area contributed by atoms with Gasteiger partial charge in [0.1, 0.15) is 0 Å². The van der Waals surface area contributed by atoms with Gasteiger partial charge in [-0.25, -0.2) is 4.79 Å². The Morgan fingerprint density at radius 2 is 1.81 bits per heavy atom. The number of carbonyl (C=O) groups excluding carboxylic acids is 1. The first-order valence-corrected chi connectivity index (χ1v) is 7.24. The number of rotatable bonds is 8. The minimum absolute atomic E-state index is 0.0371. The van der Waals surface area contributed by atoms with Crippen molar-refractivity contribution < 1.29 is 14.7 Å². The maximum absolute atomic E-state index is 11.7. The Morgan fingerprint density at radius 1 is 1.14 bits per heavy atom. The second-order valence-electron chi connectivity index (χ2n) is 5.64. The fraction of sp³-hybridized carbons (Fsp3) is 0.500. The van der Waals surface area contributed by atoms with Gasteiger partial charge in [0.25, 0.3) is 0 Å². The zero-order valence-electron chi connectivity index (χ0n) is 12.6. The molecule has 0 aliphatic rings. The van der Waals surface area contributed by atoms with Crippen molar-refractivity contribution in [3.8, 4) is 0 Å². The Balaban J connectivity index is 2.33. The molecule has 3 N–H and O–H groups in total. The van der Waals surface area contributed by atoms with Gasteiger partial charge in [-0.2, -0.15) is 0 Å². The largest absolute Gasteiger partial charge is 0.481 e. The van der Waals surface area contributed by atoms with Crippen LogP contribution in [0.25, 0.3) is 0 Å². The summed E-state index contributed by atoms with van der Waals surface area (Å²) in [4.78, 5) is 22.5. The van der Waals surface area contributed by atoms with E-state index in [-0.39, 0.29) is 18.4 Å². The number of urea groups is 1. The van der Waals surface area contributed by atoms with Crippen molar-refractivity contribution in [2.75, 3.05) is 6.54 Å². The lowest BCUT2D eigenvalue weighted by molar-refractivity contribution is -0.138.